The highest BCUT2D eigenvalue weighted by Gasteiger charge is 2.19. The third-order valence-electron chi connectivity index (χ3n) is 12.3. The molecular formula is C57H104O9. The first kappa shape index (κ1) is 63.5. The highest BCUT2D eigenvalue weighted by molar-refractivity contribution is 5.71. The van der Waals surface area contributed by atoms with Crippen LogP contribution in [0, 0.1) is 0 Å². The van der Waals surface area contributed by atoms with E-state index in [0.717, 1.165) is 167 Å². The molecule has 66 heavy (non-hydrogen) atoms. The van der Waals surface area contributed by atoms with Gasteiger partial charge in [-0.15, -0.1) is 0 Å². The van der Waals surface area contributed by atoms with E-state index in [2.05, 4.69) is 57.2 Å². The van der Waals surface area contributed by atoms with E-state index in [1.54, 1.807) is 0 Å². The summed E-state index contributed by atoms with van der Waals surface area (Å²) in [7, 11) is 0. The lowest BCUT2D eigenvalue weighted by molar-refractivity contribution is -0.167. The standard InChI is InChI=1S/C57H104O9/c1-4-7-10-31-40-51(58)43-34-25-19-13-16-22-28-37-46-55(61)64-49-54(66-57(63)48-39-30-24-18-15-21-27-36-45-53(60)42-33-12-9-6-3)50-65-56(62)47-38-29-23-17-14-20-26-35-44-52(59)41-32-11-8-5-2/h25-27,34-36,51-54,58-60H,4-24,28-33,37-50H2,1-3H3/b34-25-,35-26-,36-27+. The van der Waals surface area contributed by atoms with Gasteiger partial charge in [0.25, 0.3) is 0 Å². The molecule has 0 radical (unpaired) electrons. The van der Waals surface area contributed by atoms with E-state index < -0.39 is 6.10 Å². The van der Waals surface area contributed by atoms with Gasteiger partial charge in [0, 0.05) is 19.3 Å². The van der Waals surface area contributed by atoms with Crippen molar-refractivity contribution in [2.24, 2.45) is 0 Å². The Kier molecular flexibility index (Phi) is 48.5. The average molecular weight is 933 g/mol. The number of hydrogen-bond donors (Lipinski definition) is 3. The molecule has 0 fully saturated rings. The van der Waals surface area contributed by atoms with Crippen LogP contribution < -0.4 is 0 Å². The van der Waals surface area contributed by atoms with Crippen molar-refractivity contribution in [1.82, 2.24) is 0 Å². The molecule has 0 amide bonds. The molecule has 0 aromatic heterocycles. The molecule has 0 aliphatic rings. The minimum absolute atomic E-state index is 0.132. The lowest BCUT2D eigenvalue weighted by Gasteiger charge is -2.18. The fraction of sp³-hybridized carbons (Fsp3) is 0.842. The molecule has 0 saturated carbocycles. The second kappa shape index (κ2) is 50.4. The van der Waals surface area contributed by atoms with Gasteiger partial charge < -0.3 is 29.5 Å². The third-order valence-corrected chi connectivity index (χ3v) is 12.3. The van der Waals surface area contributed by atoms with E-state index in [-0.39, 0.29) is 55.9 Å². The topological polar surface area (TPSA) is 140 Å². The molecule has 0 aromatic rings. The van der Waals surface area contributed by atoms with Gasteiger partial charge in [0.15, 0.2) is 6.10 Å². The second-order valence-corrected chi connectivity index (χ2v) is 19.0. The first-order chi connectivity index (χ1) is 32.2. The van der Waals surface area contributed by atoms with Crippen molar-refractivity contribution in [3.8, 4) is 0 Å². The van der Waals surface area contributed by atoms with Crippen molar-refractivity contribution in [3.05, 3.63) is 36.5 Å². The summed E-state index contributed by atoms with van der Waals surface area (Å²) in [6.07, 6.45) is 48.9. The Morgan fingerprint density at radius 1 is 0.364 bits per heavy atom. The second-order valence-electron chi connectivity index (χ2n) is 19.0. The van der Waals surface area contributed by atoms with Crippen molar-refractivity contribution in [3.63, 3.8) is 0 Å². The minimum Gasteiger partial charge on any atom is -0.462 e. The average Bonchev–Trinajstić information content (AvgIpc) is 3.30. The first-order valence-corrected chi connectivity index (χ1v) is 27.7. The van der Waals surface area contributed by atoms with Gasteiger partial charge in [-0.25, -0.2) is 0 Å². The Hall–Kier alpha value is -2.49. The molecule has 0 aliphatic carbocycles. The molecule has 3 atom stereocenters. The molecule has 0 bridgehead atoms. The maximum Gasteiger partial charge on any atom is 0.306 e. The SMILES string of the molecule is CCCCCCC(O)C/C=C\CCCCCCCC(=O)OCC(COC(=O)CCCCCCC/C=C\CC(O)CCCCCC)OC(=O)CCCCCCC/C=C/CC(O)CCCCCC. The van der Waals surface area contributed by atoms with Crippen LogP contribution in [0.3, 0.4) is 0 Å². The van der Waals surface area contributed by atoms with Gasteiger partial charge in [0.1, 0.15) is 13.2 Å². The molecule has 0 aliphatic heterocycles. The van der Waals surface area contributed by atoms with Gasteiger partial charge in [0.05, 0.1) is 18.3 Å². The Balaban J connectivity index is 4.51. The van der Waals surface area contributed by atoms with Gasteiger partial charge in [-0.3, -0.25) is 14.4 Å². The summed E-state index contributed by atoms with van der Waals surface area (Å²) in [5.41, 5.74) is 0. The van der Waals surface area contributed by atoms with Crippen LogP contribution >= 0.6 is 0 Å². The molecule has 386 valence electrons. The van der Waals surface area contributed by atoms with Crippen LogP contribution in [0.15, 0.2) is 36.5 Å². The summed E-state index contributed by atoms with van der Waals surface area (Å²) in [5.74, 6) is -1.04. The minimum atomic E-state index is -0.836. The summed E-state index contributed by atoms with van der Waals surface area (Å²) in [5, 5.41) is 30.4. The van der Waals surface area contributed by atoms with Gasteiger partial charge in [-0.05, 0) is 96.3 Å². The lowest BCUT2D eigenvalue weighted by atomic mass is 10.1. The van der Waals surface area contributed by atoms with Gasteiger partial charge in [-0.2, -0.15) is 0 Å². The van der Waals surface area contributed by atoms with E-state index >= 15 is 0 Å². The molecular weight excluding hydrogens is 829 g/mol. The van der Waals surface area contributed by atoms with Gasteiger partial charge in [-0.1, -0.05) is 192 Å². The van der Waals surface area contributed by atoms with Crippen LogP contribution in [-0.2, 0) is 28.6 Å². The fourth-order valence-electron chi connectivity index (χ4n) is 7.95. The molecule has 0 aromatic carbocycles. The highest BCUT2D eigenvalue weighted by Crippen LogP contribution is 2.15. The van der Waals surface area contributed by atoms with E-state index in [4.69, 9.17) is 14.2 Å². The zero-order chi connectivity index (χ0) is 48.4. The largest absolute Gasteiger partial charge is 0.462 e. The van der Waals surface area contributed by atoms with Crippen LogP contribution in [0.25, 0.3) is 0 Å². The quantitative estimate of drug-likeness (QED) is 0.0235. The number of aliphatic hydroxyl groups excluding tert-OH is 3. The van der Waals surface area contributed by atoms with Crippen LogP contribution in [0.4, 0.5) is 0 Å². The number of carbonyl (C=O) groups excluding carboxylic acids is 3. The molecule has 0 rings (SSSR count). The fourth-order valence-corrected chi connectivity index (χ4v) is 7.95. The number of rotatable bonds is 50. The number of esters is 3. The Morgan fingerprint density at radius 2 is 0.652 bits per heavy atom. The zero-order valence-electron chi connectivity index (χ0n) is 43.1. The number of hydrogen-bond acceptors (Lipinski definition) is 9. The van der Waals surface area contributed by atoms with Gasteiger partial charge in [0.2, 0.25) is 0 Å². The maximum absolute atomic E-state index is 12.8. The summed E-state index contributed by atoms with van der Waals surface area (Å²) in [6, 6.07) is 0. The van der Waals surface area contributed by atoms with E-state index in [9.17, 15) is 29.7 Å². The summed E-state index contributed by atoms with van der Waals surface area (Å²) in [4.78, 5) is 38.1. The monoisotopic (exact) mass is 933 g/mol. The van der Waals surface area contributed by atoms with Crippen LogP contribution in [0.2, 0.25) is 0 Å². The van der Waals surface area contributed by atoms with Crippen molar-refractivity contribution < 1.29 is 43.9 Å². The van der Waals surface area contributed by atoms with Crippen LogP contribution in [0.1, 0.15) is 271 Å². The Bertz CT molecular complexity index is 1110. The summed E-state index contributed by atoms with van der Waals surface area (Å²) >= 11 is 0. The normalized spacial score (nSPS) is 13.7. The van der Waals surface area contributed by atoms with Gasteiger partial charge >= 0.3 is 17.9 Å². The molecule has 0 spiro atoms. The van der Waals surface area contributed by atoms with Crippen LogP contribution in [0.5, 0.6) is 0 Å². The molecule has 3 N–H and O–H groups in total. The number of unbranched alkanes of at least 4 members (excludes halogenated alkanes) is 24. The smallest absolute Gasteiger partial charge is 0.306 e. The molecule has 9 heteroatoms. The zero-order valence-corrected chi connectivity index (χ0v) is 43.1. The molecule has 0 heterocycles. The summed E-state index contributed by atoms with van der Waals surface area (Å²) < 4.78 is 16.7. The van der Waals surface area contributed by atoms with Crippen LogP contribution in [-0.4, -0.2) is 70.9 Å². The van der Waals surface area contributed by atoms with Crippen molar-refractivity contribution >= 4 is 17.9 Å². The van der Waals surface area contributed by atoms with Crippen molar-refractivity contribution in [1.29, 1.82) is 0 Å². The predicted octanol–water partition coefficient (Wildman–Crippen LogP) is 15.0. The van der Waals surface area contributed by atoms with E-state index in [1.165, 1.54) is 57.8 Å². The number of carbonyl (C=O) groups is 3. The maximum atomic E-state index is 12.8. The number of allylic oxidation sites excluding steroid dienone is 3. The van der Waals surface area contributed by atoms with Crippen molar-refractivity contribution in [2.75, 3.05) is 13.2 Å². The van der Waals surface area contributed by atoms with E-state index in [0.29, 0.717) is 19.3 Å². The predicted molar refractivity (Wildman–Crippen MR) is 274 cm³/mol. The number of aliphatic hydroxyl groups is 3. The lowest BCUT2D eigenvalue weighted by Crippen LogP contribution is -2.30. The number of ether oxygens (including phenoxy) is 3. The highest BCUT2D eigenvalue weighted by atomic mass is 16.6. The van der Waals surface area contributed by atoms with E-state index in [1.807, 2.05) is 0 Å². The molecule has 9 nitrogen and oxygen atoms in total. The molecule has 3 unspecified atom stereocenters. The van der Waals surface area contributed by atoms with Crippen molar-refractivity contribution in [2.45, 2.75) is 296 Å². The first-order valence-electron chi connectivity index (χ1n) is 27.7. The summed E-state index contributed by atoms with van der Waals surface area (Å²) in [6.45, 7) is 6.33. The third kappa shape index (κ3) is 48.0. The Morgan fingerprint density at radius 3 is 0.985 bits per heavy atom. The Labute approximate surface area is 405 Å². The molecule has 0 saturated heterocycles.